The van der Waals surface area contributed by atoms with Crippen molar-refractivity contribution < 1.29 is 9.53 Å². The fourth-order valence-electron chi connectivity index (χ4n) is 5.27. The first-order chi connectivity index (χ1) is 12.3. The van der Waals surface area contributed by atoms with E-state index in [1.54, 1.807) is 0 Å². The van der Waals surface area contributed by atoms with E-state index in [1.807, 2.05) is 24.4 Å². The van der Waals surface area contributed by atoms with Crippen LogP contribution in [0.25, 0.3) is 0 Å². The Morgan fingerprint density at radius 1 is 1.08 bits per heavy atom. The van der Waals surface area contributed by atoms with Gasteiger partial charge in [-0.2, -0.15) is 0 Å². The molecule has 3 fully saturated rings. The lowest BCUT2D eigenvalue weighted by Gasteiger charge is -2.41. The molecule has 1 amide bonds. The van der Waals surface area contributed by atoms with Crippen molar-refractivity contribution in [1.82, 2.24) is 10.3 Å². The van der Waals surface area contributed by atoms with Crippen molar-refractivity contribution in [1.29, 1.82) is 0 Å². The second-order valence-corrected chi connectivity index (χ2v) is 8.09. The van der Waals surface area contributed by atoms with Crippen molar-refractivity contribution in [3.05, 3.63) is 30.1 Å². The third-order valence-electron chi connectivity index (χ3n) is 6.56. The predicted octanol–water partition coefficient (Wildman–Crippen LogP) is 4.02. The minimum absolute atomic E-state index is 0.00837. The van der Waals surface area contributed by atoms with Crippen molar-refractivity contribution in [2.24, 2.45) is 17.8 Å². The average molecular weight is 342 g/mol. The monoisotopic (exact) mass is 342 g/mol. The van der Waals surface area contributed by atoms with Crippen LogP contribution in [-0.4, -0.2) is 23.5 Å². The molecule has 0 spiro atoms. The first kappa shape index (κ1) is 17.0. The summed E-state index contributed by atoms with van der Waals surface area (Å²) in [6, 6.07) is 6.16. The average Bonchev–Trinajstić information content (AvgIpc) is 2.68. The molecule has 0 aromatic carbocycles. The summed E-state index contributed by atoms with van der Waals surface area (Å²) < 4.78 is 5.89. The number of nitrogens with zero attached hydrogens (tertiary/aromatic N) is 1. The molecule has 1 saturated heterocycles. The van der Waals surface area contributed by atoms with E-state index in [2.05, 4.69) is 10.3 Å². The highest BCUT2D eigenvalue weighted by Gasteiger charge is 2.39. The van der Waals surface area contributed by atoms with E-state index in [1.165, 1.54) is 38.5 Å². The maximum atomic E-state index is 13.0. The number of ether oxygens (including phenoxy) is 1. The molecule has 0 bridgehead atoms. The van der Waals surface area contributed by atoms with Gasteiger partial charge in [0.1, 0.15) is 6.10 Å². The van der Waals surface area contributed by atoms with Crippen LogP contribution in [0.5, 0.6) is 0 Å². The van der Waals surface area contributed by atoms with Gasteiger partial charge in [-0.15, -0.1) is 0 Å². The number of aromatic nitrogens is 1. The third-order valence-corrected chi connectivity index (χ3v) is 6.56. The number of pyridine rings is 1. The molecule has 4 nitrogen and oxygen atoms in total. The summed E-state index contributed by atoms with van der Waals surface area (Å²) in [5.74, 6) is 1.99. The number of hydrogen-bond acceptors (Lipinski definition) is 3. The van der Waals surface area contributed by atoms with Crippen molar-refractivity contribution in [2.75, 3.05) is 6.61 Å². The van der Waals surface area contributed by atoms with E-state index in [0.717, 1.165) is 30.9 Å². The second kappa shape index (κ2) is 7.86. The molecule has 1 aliphatic heterocycles. The molecule has 4 heteroatoms. The Balaban J connectivity index is 1.37. The standard InChI is InChI=1S/C21H30N2O2/c24-21(18-9-5-7-15-6-1-2-8-17(15)18)23-16-11-13-25-20(14-16)19-10-3-4-12-22-19/h3-4,10,12,15-18,20H,1-2,5-9,11,13-14H2,(H,23,24)/t15?,16-,17?,18?,20-/m1/s1. The molecule has 2 saturated carbocycles. The maximum Gasteiger partial charge on any atom is 0.223 e. The minimum Gasteiger partial charge on any atom is -0.372 e. The first-order valence-electron chi connectivity index (χ1n) is 10.1. The molecule has 3 unspecified atom stereocenters. The van der Waals surface area contributed by atoms with E-state index in [9.17, 15) is 4.79 Å². The van der Waals surface area contributed by atoms with Crippen LogP contribution in [0, 0.1) is 17.8 Å². The Hall–Kier alpha value is -1.42. The Morgan fingerprint density at radius 2 is 1.96 bits per heavy atom. The highest BCUT2D eigenvalue weighted by Crippen LogP contribution is 2.44. The van der Waals surface area contributed by atoms with Crippen molar-refractivity contribution in [2.45, 2.75) is 69.9 Å². The molecule has 0 radical (unpaired) electrons. The van der Waals surface area contributed by atoms with Gasteiger partial charge in [-0.05, 0) is 49.7 Å². The van der Waals surface area contributed by atoms with E-state index >= 15 is 0 Å². The quantitative estimate of drug-likeness (QED) is 0.902. The van der Waals surface area contributed by atoms with Gasteiger partial charge in [-0.1, -0.05) is 38.2 Å². The van der Waals surface area contributed by atoms with Crippen LogP contribution in [0.4, 0.5) is 0 Å². The fraction of sp³-hybridized carbons (Fsp3) is 0.714. The fourth-order valence-corrected chi connectivity index (χ4v) is 5.27. The van der Waals surface area contributed by atoms with Crippen molar-refractivity contribution in [3.63, 3.8) is 0 Å². The molecule has 3 aliphatic rings. The topological polar surface area (TPSA) is 51.2 Å². The number of nitrogens with one attached hydrogen (secondary N) is 1. The Kier molecular flexibility index (Phi) is 5.35. The Morgan fingerprint density at radius 3 is 2.84 bits per heavy atom. The van der Waals surface area contributed by atoms with E-state index in [0.29, 0.717) is 18.4 Å². The van der Waals surface area contributed by atoms with Crippen LogP contribution < -0.4 is 5.32 Å². The largest absolute Gasteiger partial charge is 0.372 e. The van der Waals surface area contributed by atoms with Gasteiger partial charge in [-0.25, -0.2) is 0 Å². The highest BCUT2D eigenvalue weighted by atomic mass is 16.5. The zero-order chi connectivity index (χ0) is 17.1. The smallest absolute Gasteiger partial charge is 0.223 e. The van der Waals surface area contributed by atoms with Crippen molar-refractivity contribution >= 4 is 5.91 Å². The van der Waals surface area contributed by atoms with Gasteiger partial charge in [0, 0.05) is 24.8 Å². The number of carbonyl (C=O) groups excluding carboxylic acids is 1. The molecule has 1 N–H and O–H groups in total. The molecule has 2 heterocycles. The van der Waals surface area contributed by atoms with E-state index < -0.39 is 0 Å². The summed E-state index contributed by atoms with van der Waals surface area (Å²) in [5, 5.41) is 3.37. The van der Waals surface area contributed by atoms with Gasteiger partial charge < -0.3 is 10.1 Å². The summed E-state index contributed by atoms with van der Waals surface area (Å²) in [6.45, 7) is 0.697. The minimum atomic E-state index is 0.00837. The third kappa shape index (κ3) is 3.89. The van der Waals surface area contributed by atoms with Crippen LogP contribution >= 0.6 is 0 Å². The van der Waals surface area contributed by atoms with Gasteiger partial charge in [-0.3, -0.25) is 9.78 Å². The molecular weight excluding hydrogens is 312 g/mol. The maximum absolute atomic E-state index is 13.0. The summed E-state index contributed by atoms with van der Waals surface area (Å²) in [5.41, 5.74) is 0.978. The molecule has 25 heavy (non-hydrogen) atoms. The summed E-state index contributed by atoms with van der Waals surface area (Å²) >= 11 is 0. The zero-order valence-electron chi connectivity index (χ0n) is 15.0. The van der Waals surface area contributed by atoms with E-state index in [4.69, 9.17) is 4.74 Å². The van der Waals surface area contributed by atoms with Crippen LogP contribution in [0.3, 0.4) is 0 Å². The van der Waals surface area contributed by atoms with Crippen LogP contribution in [0.1, 0.15) is 69.6 Å². The lowest BCUT2D eigenvalue weighted by atomic mass is 9.65. The number of rotatable bonds is 3. The normalized spacial score (nSPS) is 35.6. The molecule has 5 atom stereocenters. The summed E-state index contributed by atoms with van der Waals surface area (Å²) in [4.78, 5) is 17.4. The predicted molar refractivity (Wildman–Crippen MR) is 96.9 cm³/mol. The number of carbonyl (C=O) groups is 1. The van der Waals surface area contributed by atoms with Gasteiger partial charge >= 0.3 is 0 Å². The molecule has 4 rings (SSSR count). The number of hydrogen-bond donors (Lipinski definition) is 1. The molecule has 1 aromatic heterocycles. The van der Waals surface area contributed by atoms with Gasteiger partial charge in [0.2, 0.25) is 5.91 Å². The highest BCUT2D eigenvalue weighted by molar-refractivity contribution is 5.79. The summed E-state index contributed by atoms with van der Waals surface area (Å²) in [7, 11) is 0. The van der Waals surface area contributed by atoms with E-state index in [-0.39, 0.29) is 18.1 Å². The van der Waals surface area contributed by atoms with Crippen LogP contribution in [0.2, 0.25) is 0 Å². The lowest BCUT2D eigenvalue weighted by molar-refractivity contribution is -0.131. The zero-order valence-corrected chi connectivity index (χ0v) is 15.0. The van der Waals surface area contributed by atoms with Crippen LogP contribution in [0.15, 0.2) is 24.4 Å². The molecular formula is C21H30N2O2. The number of amides is 1. The first-order valence-corrected chi connectivity index (χ1v) is 10.1. The van der Waals surface area contributed by atoms with Gasteiger partial charge in [0.15, 0.2) is 0 Å². The Labute approximate surface area is 150 Å². The van der Waals surface area contributed by atoms with Crippen molar-refractivity contribution in [3.8, 4) is 0 Å². The van der Waals surface area contributed by atoms with Gasteiger partial charge in [0.05, 0.1) is 5.69 Å². The molecule has 136 valence electrons. The van der Waals surface area contributed by atoms with Gasteiger partial charge in [0.25, 0.3) is 0 Å². The Bertz CT molecular complexity index is 575. The number of fused-ring (bicyclic) bond motifs is 1. The van der Waals surface area contributed by atoms with Crippen LogP contribution in [-0.2, 0) is 9.53 Å². The molecule has 1 aromatic rings. The SMILES string of the molecule is O=C(N[C@@H]1CCO[C@@H](c2ccccn2)C1)C1CCCC2CCCCC21. The second-order valence-electron chi connectivity index (χ2n) is 8.09. The molecule has 2 aliphatic carbocycles. The lowest BCUT2D eigenvalue weighted by Crippen LogP contribution is -2.46. The summed E-state index contributed by atoms with van der Waals surface area (Å²) in [6.07, 6.45) is 12.5.